The molecule has 0 radical (unpaired) electrons. The number of nitrogens with one attached hydrogen (secondary N) is 1. The molecule has 208 valence electrons. The van der Waals surface area contributed by atoms with Gasteiger partial charge in [0, 0.05) is 18.2 Å². The molecule has 15 heteroatoms. The lowest BCUT2D eigenvalue weighted by Crippen LogP contribution is -2.32. The van der Waals surface area contributed by atoms with E-state index in [2.05, 4.69) is 19.6 Å². The fourth-order valence-electron chi connectivity index (χ4n) is 3.20. The van der Waals surface area contributed by atoms with Crippen molar-refractivity contribution in [3.63, 3.8) is 0 Å². The topological polar surface area (TPSA) is 121 Å². The summed E-state index contributed by atoms with van der Waals surface area (Å²) in [6.07, 6.45) is 0.0214. The number of benzene rings is 1. The zero-order chi connectivity index (χ0) is 28.3. The van der Waals surface area contributed by atoms with Gasteiger partial charge in [-0.3, -0.25) is 4.18 Å². The van der Waals surface area contributed by atoms with Crippen LogP contribution in [0.15, 0.2) is 36.8 Å². The van der Waals surface area contributed by atoms with Crippen LogP contribution in [0.2, 0.25) is 0 Å². The molecule has 0 fully saturated rings. The maximum Gasteiger partial charge on any atom is 0.523 e. The average Bonchev–Trinajstić information content (AvgIpc) is 3.22. The number of hydrogen-bond acceptors (Lipinski definition) is 8. The Kier molecular flexibility index (Phi) is 8.51. The number of aryl methyl sites for hydroxylation is 1. The molecule has 0 bridgehead atoms. The Morgan fingerprint density at radius 1 is 1.16 bits per heavy atom. The van der Waals surface area contributed by atoms with Crippen molar-refractivity contribution in [1.82, 2.24) is 19.9 Å². The molecule has 0 aliphatic carbocycles. The highest BCUT2D eigenvalue weighted by Gasteiger charge is 2.47. The van der Waals surface area contributed by atoms with Crippen molar-refractivity contribution < 1.29 is 44.4 Å². The minimum Gasteiger partial charge on any atom is -0.489 e. The smallest absolute Gasteiger partial charge is 0.489 e. The number of hydrogen-bond donors (Lipinski definition) is 1. The van der Waals surface area contributed by atoms with Gasteiger partial charge in [0.25, 0.3) is 0 Å². The fraction of sp³-hybridized carbons (Fsp3) is 0.435. The van der Waals surface area contributed by atoms with Crippen LogP contribution in [0, 0.1) is 6.92 Å². The van der Waals surface area contributed by atoms with E-state index in [0.29, 0.717) is 11.2 Å². The number of nitrogens with zero attached hydrogens (tertiary/aromatic N) is 3. The van der Waals surface area contributed by atoms with Crippen LogP contribution in [0.5, 0.6) is 5.75 Å². The molecule has 0 aliphatic rings. The molecule has 0 unspecified atom stereocenters. The molecule has 2 heterocycles. The molecule has 0 aliphatic heterocycles. The van der Waals surface area contributed by atoms with Crippen molar-refractivity contribution in [3.8, 4) is 17.0 Å². The molecule has 1 amide bonds. The Morgan fingerprint density at radius 3 is 2.50 bits per heavy atom. The highest BCUT2D eigenvalue weighted by molar-refractivity contribution is 7.87. The molecule has 0 saturated carbocycles. The van der Waals surface area contributed by atoms with Crippen LogP contribution < -0.4 is 10.1 Å². The number of ether oxygens (including phenoxy) is 2. The van der Waals surface area contributed by atoms with Crippen molar-refractivity contribution in [2.24, 2.45) is 0 Å². The Labute approximate surface area is 216 Å². The van der Waals surface area contributed by atoms with Crippen LogP contribution in [-0.2, 0) is 25.6 Å². The molecule has 0 saturated heterocycles. The highest BCUT2D eigenvalue weighted by atomic mass is 32.2. The number of fused-ring (bicyclic) bond motifs is 1. The minimum atomic E-state index is -5.90. The van der Waals surface area contributed by atoms with E-state index >= 15 is 0 Å². The molecule has 1 atom stereocenters. The second-order valence-electron chi connectivity index (χ2n) is 9.20. The number of alkyl carbamates (subject to hydrolysis) is 1. The lowest BCUT2D eigenvalue weighted by Gasteiger charge is -2.20. The van der Waals surface area contributed by atoms with Crippen LogP contribution in [0.3, 0.4) is 0 Å². The van der Waals surface area contributed by atoms with Crippen molar-refractivity contribution in [1.29, 1.82) is 0 Å². The standard InChI is InChI=1S/C23H26F4N4O6S/c1-14-7-15(5-6-16(14)9-28-21(32)37-22(2,3)4)20-19-8-18(10-31(19)30-13-29-20)35-11-17(24)12-36-38(33,34)23(25,26)27/h5-8,10,13,17H,9,11-12H2,1-4H3,(H,28,32)/t17-/m1/s1. The quantitative estimate of drug-likeness (QED) is 0.233. The number of halogens is 4. The molecular formula is C23H26F4N4O6S. The Morgan fingerprint density at radius 2 is 1.87 bits per heavy atom. The lowest BCUT2D eigenvalue weighted by atomic mass is 10.0. The van der Waals surface area contributed by atoms with E-state index in [0.717, 1.165) is 16.7 Å². The zero-order valence-corrected chi connectivity index (χ0v) is 21.7. The predicted octanol–water partition coefficient (Wildman–Crippen LogP) is 4.31. The monoisotopic (exact) mass is 562 g/mol. The molecule has 1 N–H and O–H groups in total. The normalized spacial score (nSPS) is 13.4. The van der Waals surface area contributed by atoms with Crippen LogP contribution >= 0.6 is 0 Å². The molecule has 3 rings (SSSR count). The third-order valence-electron chi connectivity index (χ3n) is 4.94. The predicted molar refractivity (Wildman–Crippen MR) is 128 cm³/mol. The highest BCUT2D eigenvalue weighted by Crippen LogP contribution is 2.28. The van der Waals surface area contributed by atoms with Gasteiger partial charge in [-0.1, -0.05) is 12.1 Å². The summed E-state index contributed by atoms with van der Waals surface area (Å²) in [5.41, 5.74) is -2.81. The molecule has 0 spiro atoms. The van der Waals surface area contributed by atoms with E-state index in [1.54, 1.807) is 26.8 Å². The van der Waals surface area contributed by atoms with Gasteiger partial charge in [0.2, 0.25) is 0 Å². The Bertz CT molecular complexity index is 1400. The summed E-state index contributed by atoms with van der Waals surface area (Å²) in [6.45, 7) is 5.30. The number of amides is 1. The van der Waals surface area contributed by atoms with Crippen LogP contribution in [0.25, 0.3) is 16.8 Å². The molecule has 10 nitrogen and oxygen atoms in total. The van der Waals surface area contributed by atoms with Gasteiger partial charge in [0.05, 0.1) is 17.4 Å². The summed E-state index contributed by atoms with van der Waals surface area (Å²) < 4.78 is 88.2. The first kappa shape index (κ1) is 29.1. The Hall–Kier alpha value is -3.46. The van der Waals surface area contributed by atoms with E-state index < -0.39 is 46.7 Å². The summed E-state index contributed by atoms with van der Waals surface area (Å²) in [5.74, 6) is 0.128. The van der Waals surface area contributed by atoms with Gasteiger partial charge in [-0.2, -0.15) is 26.7 Å². The first-order chi connectivity index (χ1) is 17.6. The number of aromatic nitrogens is 3. The molecule has 38 heavy (non-hydrogen) atoms. The summed E-state index contributed by atoms with van der Waals surface area (Å²) in [4.78, 5) is 16.2. The second kappa shape index (κ2) is 11.1. The number of rotatable bonds is 9. The van der Waals surface area contributed by atoms with Crippen molar-refractivity contribution >= 4 is 21.7 Å². The first-order valence-corrected chi connectivity index (χ1v) is 12.6. The van der Waals surface area contributed by atoms with Crippen LogP contribution in [-0.4, -0.2) is 59.6 Å². The van der Waals surface area contributed by atoms with E-state index in [1.165, 1.54) is 23.1 Å². The van der Waals surface area contributed by atoms with Crippen molar-refractivity contribution in [2.75, 3.05) is 13.2 Å². The number of carbonyl (C=O) groups is 1. The van der Waals surface area contributed by atoms with Gasteiger partial charge in [-0.25, -0.2) is 18.7 Å². The first-order valence-electron chi connectivity index (χ1n) is 11.2. The molecule has 1 aromatic carbocycles. The van der Waals surface area contributed by atoms with E-state index in [-0.39, 0.29) is 12.3 Å². The third-order valence-corrected chi connectivity index (χ3v) is 5.95. The largest absolute Gasteiger partial charge is 0.523 e. The maximum absolute atomic E-state index is 13.9. The van der Waals surface area contributed by atoms with Gasteiger partial charge in [-0.15, -0.1) is 0 Å². The van der Waals surface area contributed by atoms with Crippen LogP contribution in [0.1, 0.15) is 31.9 Å². The minimum absolute atomic E-state index is 0.128. The number of carbonyl (C=O) groups excluding carboxylic acids is 1. The van der Waals surface area contributed by atoms with Gasteiger partial charge in [0.1, 0.15) is 30.9 Å². The summed E-state index contributed by atoms with van der Waals surface area (Å²) in [7, 11) is -5.90. The summed E-state index contributed by atoms with van der Waals surface area (Å²) in [6, 6.07) is 6.98. The van der Waals surface area contributed by atoms with Gasteiger partial charge >= 0.3 is 21.7 Å². The lowest BCUT2D eigenvalue weighted by molar-refractivity contribution is -0.0557. The van der Waals surface area contributed by atoms with E-state index in [4.69, 9.17) is 9.47 Å². The molecular weight excluding hydrogens is 536 g/mol. The van der Waals surface area contributed by atoms with Crippen molar-refractivity contribution in [3.05, 3.63) is 47.9 Å². The SMILES string of the molecule is Cc1cc(-c2ncnn3cc(OC[C@@H](F)COS(=O)(=O)C(F)(F)F)cc23)ccc1CNC(=O)OC(C)(C)C. The summed E-state index contributed by atoms with van der Waals surface area (Å²) in [5, 5.41) is 6.77. The van der Waals surface area contributed by atoms with Gasteiger partial charge < -0.3 is 14.8 Å². The Balaban J connectivity index is 1.68. The molecule has 2 aromatic heterocycles. The summed E-state index contributed by atoms with van der Waals surface area (Å²) >= 11 is 0. The van der Waals surface area contributed by atoms with E-state index in [9.17, 15) is 30.8 Å². The van der Waals surface area contributed by atoms with Crippen molar-refractivity contribution in [2.45, 2.75) is 51.5 Å². The van der Waals surface area contributed by atoms with Gasteiger partial charge in [0.15, 0.2) is 6.17 Å². The fourth-order valence-corrected chi connectivity index (χ4v) is 3.66. The van der Waals surface area contributed by atoms with E-state index in [1.807, 2.05) is 19.1 Å². The molecule has 3 aromatic rings. The van der Waals surface area contributed by atoms with Gasteiger partial charge in [-0.05, 0) is 44.9 Å². The third kappa shape index (κ3) is 7.54. The number of alkyl halides is 4. The maximum atomic E-state index is 13.9. The average molecular weight is 563 g/mol. The second-order valence-corrected chi connectivity index (χ2v) is 10.8. The zero-order valence-electron chi connectivity index (χ0n) is 20.9. The van der Waals surface area contributed by atoms with Crippen LogP contribution in [0.4, 0.5) is 22.4 Å².